The van der Waals surface area contributed by atoms with Gasteiger partial charge < -0.3 is 10.2 Å². The lowest BCUT2D eigenvalue weighted by Crippen LogP contribution is -2.39. The highest BCUT2D eigenvalue weighted by Crippen LogP contribution is 2.30. The van der Waals surface area contributed by atoms with E-state index in [1.54, 1.807) is 18.2 Å². The molecule has 4 nitrogen and oxygen atoms in total. The number of nitrogens with zero attached hydrogens (tertiary/aromatic N) is 1. The Labute approximate surface area is 145 Å². The molecule has 0 aliphatic carbocycles. The summed E-state index contributed by atoms with van der Waals surface area (Å²) < 4.78 is 19.8. The molecule has 0 radical (unpaired) electrons. The molecule has 0 bridgehead atoms. The molecule has 5 heteroatoms. The van der Waals surface area contributed by atoms with E-state index < -0.39 is 0 Å². The Morgan fingerprint density at radius 2 is 2.08 bits per heavy atom. The quantitative estimate of drug-likeness (QED) is 0.789. The standard InChI is InChI=1S/C20H19FN2O2/c21-16-5-2-1-4-15(16)19-11-14-10-13(7-8-18(14)25-19)12-23-9-3-6-17(23)20(22)24/h1-2,4-5,7-8,10-11,17H,3,6,9,12H2,(H2,22,24). The maximum absolute atomic E-state index is 14.0. The molecular weight excluding hydrogens is 319 g/mol. The third-order valence-corrected chi connectivity index (χ3v) is 4.80. The van der Waals surface area contributed by atoms with Crippen molar-refractivity contribution < 1.29 is 13.6 Å². The second-order valence-electron chi connectivity index (χ2n) is 6.49. The zero-order valence-corrected chi connectivity index (χ0v) is 13.7. The predicted octanol–water partition coefficient (Wildman–Crippen LogP) is 3.69. The summed E-state index contributed by atoms with van der Waals surface area (Å²) in [5.41, 5.74) is 7.74. The fourth-order valence-corrected chi connectivity index (χ4v) is 3.56. The van der Waals surface area contributed by atoms with Crippen LogP contribution in [0.4, 0.5) is 4.39 Å². The van der Waals surface area contributed by atoms with Crippen LogP contribution in [0.2, 0.25) is 0 Å². The number of hydrogen-bond acceptors (Lipinski definition) is 3. The van der Waals surface area contributed by atoms with Crippen LogP contribution in [-0.2, 0) is 11.3 Å². The maximum Gasteiger partial charge on any atom is 0.234 e. The highest BCUT2D eigenvalue weighted by molar-refractivity contribution is 5.83. The molecule has 1 unspecified atom stereocenters. The molecule has 128 valence electrons. The summed E-state index contributed by atoms with van der Waals surface area (Å²) in [6, 6.07) is 14.1. The van der Waals surface area contributed by atoms with Crippen LogP contribution in [0.25, 0.3) is 22.3 Å². The molecule has 0 saturated carbocycles. The average molecular weight is 338 g/mol. The van der Waals surface area contributed by atoms with E-state index >= 15 is 0 Å². The molecule has 1 aliphatic heterocycles. The van der Waals surface area contributed by atoms with Crippen LogP contribution in [0, 0.1) is 5.82 Å². The minimum absolute atomic E-state index is 0.186. The van der Waals surface area contributed by atoms with Gasteiger partial charge in [-0.2, -0.15) is 0 Å². The van der Waals surface area contributed by atoms with Crippen molar-refractivity contribution in [3.05, 3.63) is 59.9 Å². The molecule has 3 aromatic rings. The Kier molecular flexibility index (Phi) is 4.01. The molecule has 1 fully saturated rings. The largest absolute Gasteiger partial charge is 0.456 e. The van der Waals surface area contributed by atoms with Gasteiger partial charge in [-0.1, -0.05) is 18.2 Å². The zero-order chi connectivity index (χ0) is 17.4. The van der Waals surface area contributed by atoms with Crippen LogP contribution < -0.4 is 5.73 Å². The molecule has 1 atom stereocenters. The van der Waals surface area contributed by atoms with Crippen LogP contribution in [0.1, 0.15) is 18.4 Å². The molecule has 2 aromatic carbocycles. The number of halogens is 1. The van der Waals surface area contributed by atoms with E-state index in [4.69, 9.17) is 10.2 Å². The summed E-state index contributed by atoms with van der Waals surface area (Å²) in [6.45, 7) is 1.54. The number of carbonyl (C=O) groups excluding carboxylic acids is 1. The number of fused-ring (bicyclic) bond motifs is 1. The molecule has 25 heavy (non-hydrogen) atoms. The Bertz CT molecular complexity index is 934. The van der Waals surface area contributed by atoms with E-state index in [1.807, 2.05) is 24.3 Å². The van der Waals surface area contributed by atoms with Crippen LogP contribution in [-0.4, -0.2) is 23.4 Å². The highest BCUT2D eigenvalue weighted by atomic mass is 19.1. The van der Waals surface area contributed by atoms with Gasteiger partial charge in [-0.05, 0) is 55.3 Å². The van der Waals surface area contributed by atoms with Crippen molar-refractivity contribution in [3.8, 4) is 11.3 Å². The lowest BCUT2D eigenvalue weighted by atomic mass is 10.1. The summed E-state index contributed by atoms with van der Waals surface area (Å²) in [6.07, 6.45) is 1.81. The van der Waals surface area contributed by atoms with Gasteiger partial charge in [-0.15, -0.1) is 0 Å². The van der Waals surface area contributed by atoms with Crippen molar-refractivity contribution in [2.24, 2.45) is 5.73 Å². The fraction of sp³-hybridized carbons (Fsp3) is 0.250. The molecule has 1 aliphatic rings. The first-order chi connectivity index (χ1) is 12.1. The van der Waals surface area contributed by atoms with Crippen LogP contribution in [0.3, 0.4) is 0 Å². The third kappa shape index (κ3) is 3.03. The van der Waals surface area contributed by atoms with Crippen molar-refractivity contribution in [3.63, 3.8) is 0 Å². The van der Waals surface area contributed by atoms with Crippen LogP contribution >= 0.6 is 0 Å². The average Bonchev–Trinajstić information content (AvgIpc) is 3.21. The molecule has 2 N–H and O–H groups in total. The third-order valence-electron chi connectivity index (χ3n) is 4.80. The number of likely N-dealkylation sites (tertiary alicyclic amines) is 1. The van der Waals surface area contributed by atoms with Gasteiger partial charge in [0.2, 0.25) is 5.91 Å². The van der Waals surface area contributed by atoms with Crippen molar-refractivity contribution >= 4 is 16.9 Å². The van der Waals surface area contributed by atoms with Crippen molar-refractivity contribution in [1.29, 1.82) is 0 Å². The summed E-state index contributed by atoms with van der Waals surface area (Å²) >= 11 is 0. The topological polar surface area (TPSA) is 59.5 Å². The van der Waals surface area contributed by atoms with Gasteiger partial charge in [0.25, 0.3) is 0 Å². The van der Waals surface area contributed by atoms with Crippen molar-refractivity contribution in [2.75, 3.05) is 6.54 Å². The van der Waals surface area contributed by atoms with Crippen LogP contribution in [0.5, 0.6) is 0 Å². The lowest BCUT2D eigenvalue weighted by molar-refractivity contribution is -0.122. The Hall–Kier alpha value is -2.66. The predicted molar refractivity (Wildman–Crippen MR) is 94.2 cm³/mol. The van der Waals surface area contributed by atoms with Gasteiger partial charge in [0, 0.05) is 11.9 Å². The van der Waals surface area contributed by atoms with E-state index in [0.717, 1.165) is 35.9 Å². The SMILES string of the molecule is NC(=O)C1CCCN1Cc1ccc2oc(-c3ccccc3F)cc2c1. The Balaban J connectivity index is 1.63. The molecule has 1 amide bonds. The van der Waals surface area contributed by atoms with Gasteiger partial charge in [0.15, 0.2) is 0 Å². The monoisotopic (exact) mass is 338 g/mol. The molecule has 0 spiro atoms. The fourth-order valence-electron chi connectivity index (χ4n) is 3.56. The number of rotatable bonds is 4. The normalized spacial score (nSPS) is 18.0. The number of nitrogens with two attached hydrogens (primary N) is 1. The smallest absolute Gasteiger partial charge is 0.234 e. The first-order valence-corrected chi connectivity index (χ1v) is 8.42. The summed E-state index contributed by atoms with van der Waals surface area (Å²) in [7, 11) is 0. The Morgan fingerprint density at radius 3 is 2.88 bits per heavy atom. The molecule has 4 rings (SSSR count). The minimum atomic E-state index is -0.303. The number of amides is 1. The maximum atomic E-state index is 14.0. The number of hydrogen-bond donors (Lipinski definition) is 1. The highest BCUT2D eigenvalue weighted by Gasteiger charge is 2.28. The van der Waals surface area contributed by atoms with Crippen molar-refractivity contribution in [2.45, 2.75) is 25.4 Å². The van der Waals surface area contributed by atoms with E-state index in [9.17, 15) is 9.18 Å². The Morgan fingerprint density at radius 1 is 1.24 bits per heavy atom. The molecule has 1 aromatic heterocycles. The van der Waals surface area contributed by atoms with Gasteiger partial charge in [0.1, 0.15) is 17.2 Å². The van der Waals surface area contributed by atoms with E-state index in [0.29, 0.717) is 17.9 Å². The van der Waals surface area contributed by atoms with Crippen molar-refractivity contribution in [1.82, 2.24) is 4.90 Å². The number of furan rings is 1. The second kappa shape index (κ2) is 6.33. The molecular formula is C20H19FN2O2. The lowest BCUT2D eigenvalue weighted by Gasteiger charge is -2.21. The van der Waals surface area contributed by atoms with Gasteiger partial charge in [0.05, 0.1) is 11.6 Å². The number of benzene rings is 2. The van der Waals surface area contributed by atoms with E-state index in [2.05, 4.69) is 4.90 Å². The van der Waals surface area contributed by atoms with E-state index in [1.165, 1.54) is 6.07 Å². The number of carbonyl (C=O) groups is 1. The summed E-state index contributed by atoms with van der Waals surface area (Å²) in [4.78, 5) is 13.6. The van der Waals surface area contributed by atoms with Gasteiger partial charge in [-0.25, -0.2) is 4.39 Å². The summed E-state index contributed by atoms with van der Waals surface area (Å²) in [5, 5.41) is 0.922. The zero-order valence-electron chi connectivity index (χ0n) is 13.7. The molecule has 2 heterocycles. The van der Waals surface area contributed by atoms with Gasteiger partial charge in [-0.3, -0.25) is 9.69 Å². The first-order valence-electron chi connectivity index (χ1n) is 8.42. The number of primary amides is 1. The second-order valence-corrected chi connectivity index (χ2v) is 6.49. The molecule has 1 saturated heterocycles. The van der Waals surface area contributed by atoms with E-state index in [-0.39, 0.29) is 17.8 Å². The van der Waals surface area contributed by atoms with Gasteiger partial charge >= 0.3 is 0 Å². The minimum Gasteiger partial charge on any atom is -0.456 e. The first kappa shape index (κ1) is 15.8. The summed E-state index contributed by atoms with van der Waals surface area (Å²) in [5.74, 6) is -0.0479. The van der Waals surface area contributed by atoms with Crippen LogP contribution in [0.15, 0.2) is 52.9 Å².